The van der Waals surface area contributed by atoms with Gasteiger partial charge in [0, 0.05) is 38.9 Å². The summed E-state index contributed by atoms with van der Waals surface area (Å²) in [7, 11) is 0. The highest BCUT2D eigenvalue weighted by Gasteiger charge is 2.32. The number of ether oxygens (including phenoxy) is 3. The van der Waals surface area contributed by atoms with Crippen molar-refractivity contribution in [1.82, 2.24) is 4.90 Å². The molecule has 3 atom stereocenters. The van der Waals surface area contributed by atoms with Gasteiger partial charge in [-0.05, 0) is 33.6 Å². The topological polar surface area (TPSA) is 57.0 Å². The molecule has 0 aromatic carbocycles. The van der Waals surface area contributed by atoms with Crippen molar-refractivity contribution in [3.8, 4) is 0 Å². The van der Waals surface area contributed by atoms with Crippen molar-refractivity contribution >= 4 is 0 Å². The predicted octanol–water partition coefficient (Wildman–Crippen LogP) is 1.26. The highest BCUT2D eigenvalue weighted by atomic mass is 16.5. The molecule has 1 aliphatic rings. The van der Waals surface area contributed by atoms with Crippen LogP contribution in [0.3, 0.4) is 0 Å². The molecule has 20 heavy (non-hydrogen) atoms. The van der Waals surface area contributed by atoms with E-state index in [0.29, 0.717) is 12.6 Å². The van der Waals surface area contributed by atoms with Crippen LogP contribution in [0.5, 0.6) is 0 Å². The minimum atomic E-state index is 0.248. The lowest BCUT2D eigenvalue weighted by molar-refractivity contribution is -0.0200. The highest BCUT2D eigenvalue weighted by Crippen LogP contribution is 2.24. The number of rotatable bonds is 11. The number of nitrogens with zero attached hydrogens (tertiary/aromatic N) is 1. The summed E-state index contributed by atoms with van der Waals surface area (Å²) in [5, 5.41) is 0. The van der Waals surface area contributed by atoms with Crippen LogP contribution >= 0.6 is 0 Å². The largest absolute Gasteiger partial charge is 0.380 e. The summed E-state index contributed by atoms with van der Waals surface area (Å²) in [5.41, 5.74) is 6.00. The molecule has 0 aromatic rings. The second kappa shape index (κ2) is 10.5. The minimum Gasteiger partial charge on any atom is -0.380 e. The Morgan fingerprint density at radius 3 is 2.15 bits per heavy atom. The zero-order valence-corrected chi connectivity index (χ0v) is 13.3. The monoisotopic (exact) mass is 288 g/mol. The van der Waals surface area contributed by atoms with Gasteiger partial charge in [-0.3, -0.25) is 4.90 Å². The summed E-state index contributed by atoms with van der Waals surface area (Å²) in [4.78, 5) is 2.37. The number of hydrogen-bond acceptors (Lipinski definition) is 5. The Morgan fingerprint density at radius 1 is 1.15 bits per heavy atom. The van der Waals surface area contributed by atoms with Gasteiger partial charge in [0.05, 0.1) is 25.4 Å². The molecular formula is C15H32N2O3. The van der Waals surface area contributed by atoms with Gasteiger partial charge in [-0.15, -0.1) is 0 Å². The molecule has 5 nitrogen and oxygen atoms in total. The van der Waals surface area contributed by atoms with Crippen molar-refractivity contribution in [1.29, 1.82) is 0 Å². The van der Waals surface area contributed by atoms with Crippen molar-refractivity contribution < 1.29 is 14.2 Å². The SMILES string of the molecule is CCOCCN(CCOCC)C(CN)C1CCC(C)O1. The molecule has 1 fully saturated rings. The molecule has 0 amide bonds. The Labute approximate surface area is 123 Å². The van der Waals surface area contributed by atoms with Crippen molar-refractivity contribution in [3.05, 3.63) is 0 Å². The van der Waals surface area contributed by atoms with Crippen LogP contribution < -0.4 is 5.73 Å². The molecule has 5 heteroatoms. The maximum atomic E-state index is 6.00. The maximum absolute atomic E-state index is 6.00. The van der Waals surface area contributed by atoms with Gasteiger partial charge in [0.15, 0.2) is 0 Å². The van der Waals surface area contributed by atoms with Crippen molar-refractivity contribution in [2.45, 2.75) is 51.9 Å². The van der Waals surface area contributed by atoms with Crippen LogP contribution in [-0.4, -0.2) is 69.2 Å². The van der Waals surface area contributed by atoms with Gasteiger partial charge in [0.1, 0.15) is 0 Å². The van der Waals surface area contributed by atoms with Gasteiger partial charge in [-0.2, -0.15) is 0 Å². The van der Waals surface area contributed by atoms with Crippen LogP contribution in [0, 0.1) is 0 Å². The lowest BCUT2D eigenvalue weighted by Crippen LogP contribution is -2.50. The zero-order valence-electron chi connectivity index (χ0n) is 13.3. The van der Waals surface area contributed by atoms with Crippen molar-refractivity contribution in [2.24, 2.45) is 5.73 Å². The first-order valence-corrected chi connectivity index (χ1v) is 7.97. The maximum Gasteiger partial charge on any atom is 0.0747 e. The third-order valence-electron chi connectivity index (χ3n) is 3.86. The number of nitrogens with two attached hydrogens (primary N) is 1. The third kappa shape index (κ3) is 6.06. The molecule has 2 N–H and O–H groups in total. The Bertz CT molecular complexity index is 231. The fraction of sp³-hybridized carbons (Fsp3) is 1.00. The van der Waals surface area contributed by atoms with E-state index in [4.69, 9.17) is 19.9 Å². The van der Waals surface area contributed by atoms with E-state index in [1.807, 2.05) is 13.8 Å². The highest BCUT2D eigenvalue weighted by molar-refractivity contribution is 4.86. The van der Waals surface area contributed by atoms with E-state index in [9.17, 15) is 0 Å². The first kappa shape index (κ1) is 17.9. The summed E-state index contributed by atoms with van der Waals surface area (Å²) >= 11 is 0. The first-order chi connectivity index (χ1) is 9.72. The molecule has 0 aliphatic carbocycles. The Morgan fingerprint density at radius 2 is 1.75 bits per heavy atom. The standard InChI is InChI=1S/C15H32N2O3/c1-4-18-10-8-17(9-11-19-5-2)14(12-16)15-7-6-13(3)20-15/h13-15H,4-12,16H2,1-3H3. The molecule has 1 rings (SSSR count). The fourth-order valence-electron chi connectivity index (χ4n) is 2.75. The molecule has 0 spiro atoms. The summed E-state index contributed by atoms with van der Waals surface area (Å²) < 4.78 is 17.0. The molecule has 0 radical (unpaired) electrons. The van der Waals surface area contributed by atoms with E-state index in [1.165, 1.54) is 0 Å². The third-order valence-corrected chi connectivity index (χ3v) is 3.86. The summed E-state index contributed by atoms with van der Waals surface area (Å²) in [5.74, 6) is 0. The first-order valence-electron chi connectivity index (χ1n) is 7.97. The van der Waals surface area contributed by atoms with Gasteiger partial charge in [-0.25, -0.2) is 0 Å². The Hall–Kier alpha value is -0.200. The zero-order chi connectivity index (χ0) is 14.8. The lowest BCUT2D eigenvalue weighted by Gasteiger charge is -2.34. The molecule has 0 saturated carbocycles. The van der Waals surface area contributed by atoms with Crippen molar-refractivity contribution in [3.63, 3.8) is 0 Å². The van der Waals surface area contributed by atoms with Crippen LogP contribution in [0.4, 0.5) is 0 Å². The Kier molecular flexibility index (Phi) is 9.39. The van der Waals surface area contributed by atoms with Gasteiger partial charge in [0.2, 0.25) is 0 Å². The van der Waals surface area contributed by atoms with Crippen LogP contribution in [0.25, 0.3) is 0 Å². The summed E-state index contributed by atoms with van der Waals surface area (Å²) in [6.45, 7) is 11.6. The lowest BCUT2D eigenvalue weighted by atomic mass is 10.1. The predicted molar refractivity (Wildman–Crippen MR) is 81.0 cm³/mol. The second-order valence-electron chi connectivity index (χ2n) is 5.30. The van der Waals surface area contributed by atoms with Crippen LogP contribution in [0.1, 0.15) is 33.6 Å². The average molecular weight is 288 g/mol. The van der Waals surface area contributed by atoms with Crippen LogP contribution in [-0.2, 0) is 14.2 Å². The quantitative estimate of drug-likeness (QED) is 0.580. The molecule has 3 unspecified atom stereocenters. The van der Waals surface area contributed by atoms with Gasteiger partial charge in [-0.1, -0.05) is 0 Å². The van der Waals surface area contributed by atoms with E-state index in [0.717, 1.165) is 52.4 Å². The molecule has 1 saturated heterocycles. The minimum absolute atomic E-state index is 0.248. The summed E-state index contributed by atoms with van der Waals surface area (Å²) in [6.07, 6.45) is 2.84. The van der Waals surface area contributed by atoms with Gasteiger partial charge >= 0.3 is 0 Å². The molecular weight excluding hydrogens is 256 g/mol. The van der Waals surface area contributed by atoms with Crippen LogP contribution in [0.15, 0.2) is 0 Å². The number of hydrogen-bond donors (Lipinski definition) is 1. The molecule has 1 aliphatic heterocycles. The van der Waals surface area contributed by atoms with Crippen molar-refractivity contribution in [2.75, 3.05) is 46.1 Å². The van der Waals surface area contributed by atoms with Gasteiger partial charge in [0.25, 0.3) is 0 Å². The molecule has 120 valence electrons. The smallest absolute Gasteiger partial charge is 0.0747 e. The normalized spacial score (nSPS) is 24.4. The van der Waals surface area contributed by atoms with E-state index >= 15 is 0 Å². The van der Waals surface area contributed by atoms with Gasteiger partial charge < -0.3 is 19.9 Å². The fourth-order valence-corrected chi connectivity index (χ4v) is 2.75. The average Bonchev–Trinajstić information content (AvgIpc) is 2.86. The molecule has 0 aromatic heterocycles. The van der Waals surface area contributed by atoms with E-state index < -0.39 is 0 Å². The molecule has 1 heterocycles. The van der Waals surface area contributed by atoms with Crippen LogP contribution in [0.2, 0.25) is 0 Å². The van der Waals surface area contributed by atoms with E-state index in [-0.39, 0.29) is 12.1 Å². The van der Waals surface area contributed by atoms with E-state index in [1.54, 1.807) is 0 Å². The van der Waals surface area contributed by atoms with E-state index in [2.05, 4.69) is 11.8 Å². The second-order valence-corrected chi connectivity index (χ2v) is 5.30. The Balaban J connectivity index is 2.51. The molecule has 0 bridgehead atoms. The summed E-state index contributed by atoms with van der Waals surface area (Å²) in [6, 6.07) is 0.265.